The number of nitrogens with two attached hydrogens (primary N) is 1. The van der Waals surface area contributed by atoms with Crippen LogP contribution < -0.4 is 11.1 Å². The maximum absolute atomic E-state index is 10.2. The summed E-state index contributed by atoms with van der Waals surface area (Å²) in [7, 11) is 0. The van der Waals surface area contributed by atoms with E-state index in [2.05, 4.69) is 15.3 Å². The first kappa shape index (κ1) is 11.1. The summed E-state index contributed by atoms with van der Waals surface area (Å²) in [6.45, 7) is 2.79. The maximum Gasteiger partial charge on any atom is 0.169 e. The topological polar surface area (TPSA) is 93.3 Å². The normalized spacial score (nSPS) is 29.2. The molecule has 0 spiro atoms. The molecule has 2 unspecified atom stereocenters. The lowest BCUT2D eigenvalue weighted by Gasteiger charge is -2.26. The number of rotatable bonds is 3. The number of nitrogens with zero attached hydrogens (tertiary/aromatic N) is 2. The Morgan fingerprint density at radius 1 is 1.62 bits per heavy atom. The zero-order valence-corrected chi connectivity index (χ0v) is 9.18. The third-order valence-electron chi connectivity index (χ3n) is 2.95. The molecule has 0 aromatic carbocycles. The van der Waals surface area contributed by atoms with Gasteiger partial charge in [-0.2, -0.15) is 0 Å². The average molecular weight is 224 g/mol. The summed E-state index contributed by atoms with van der Waals surface area (Å²) in [5.74, 6) is 0.827. The van der Waals surface area contributed by atoms with Crippen LogP contribution in [0.1, 0.15) is 13.3 Å². The van der Waals surface area contributed by atoms with Gasteiger partial charge in [0.05, 0.1) is 6.10 Å². The van der Waals surface area contributed by atoms with E-state index in [4.69, 9.17) is 10.5 Å². The Bertz CT molecular complexity index is 374. The lowest BCUT2D eigenvalue weighted by atomic mass is 9.97. The highest BCUT2D eigenvalue weighted by Gasteiger charge is 2.39. The Labute approximate surface area is 93.9 Å². The summed E-state index contributed by atoms with van der Waals surface area (Å²) in [5.41, 5.74) is 4.78. The summed E-state index contributed by atoms with van der Waals surface area (Å²) in [5, 5.41) is 13.2. The van der Waals surface area contributed by atoms with Crippen molar-refractivity contribution in [3.63, 3.8) is 0 Å². The molecule has 88 valence electrons. The van der Waals surface area contributed by atoms with Gasteiger partial charge in [0, 0.05) is 32.0 Å². The molecule has 1 aromatic rings. The second kappa shape index (κ2) is 4.23. The van der Waals surface area contributed by atoms with Crippen LogP contribution in [0.25, 0.3) is 0 Å². The van der Waals surface area contributed by atoms with Crippen LogP contribution in [0.15, 0.2) is 12.4 Å². The van der Waals surface area contributed by atoms with Gasteiger partial charge < -0.3 is 20.9 Å². The van der Waals surface area contributed by atoms with Crippen LogP contribution in [0.3, 0.4) is 0 Å². The van der Waals surface area contributed by atoms with Crippen molar-refractivity contribution in [2.75, 3.05) is 24.2 Å². The second-order valence-electron chi connectivity index (χ2n) is 4.01. The van der Waals surface area contributed by atoms with E-state index in [0.717, 1.165) is 0 Å². The van der Waals surface area contributed by atoms with Crippen molar-refractivity contribution in [3.05, 3.63) is 12.4 Å². The van der Waals surface area contributed by atoms with E-state index in [1.807, 2.05) is 6.92 Å². The van der Waals surface area contributed by atoms with E-state index in [9.17, 15) is 5.11 Å². The van der Waals surface area contributed by atoms with Gasteiger partial charge in [0.2, 0.25) is 0 Å². The van der Waals surface area contributed by atoms with E-state index in [1.165, 1.54) is 6.20 Å². The molecule has 1 fully saturated rings. The predicted molar refractivity (Wildman–Crippen MR) is 59.9 cm³/mol. The molecular formula is C10H16N4O2. The molecule has 4 N–H and O–H groups in total. The zero-order chi connectivity index (χ0) is 11.6. The lowest BCUT2D eigenvalue weighted by Crippen LogP contribution is -2.43. The smallest absolute Gasteiger partial charge is 0.169 e. The average Bonchev–Trinajstić information content (AvgIpc) is 2.59. The Morgan fingerprint density at radius 2 is 2.38 bits per heavy atom. The quantitative estimate of drug-likeness (QED) is 0.669. The SMILES string of the molecule is CC1OCCC1(O)CNc1nccnc1N. The molecule has 6 heteroatoms. The van der Waals surface area contributed by atoms with Gasteiger partial charge in [-0.25, -0.2) is 9.97 Å². The number of anilines is 2. The van der Waals surface area contributed by atoms with Crippen LogP contribution in [-0.4, -0.2) is 39.9 Å². The minimum atomic E-state index is -0.857. The first-order valence-corrected chi connectivity index (χ1v) is 5.26. The van der Waals surface area contributed by atoms with Crippen molar-refractivity contribution in [1.29, 1.82) is 0 Å². The second-order valence-corrected chi connectivity index (χ2v) is 4.01. The van der Waals surface area contributed by atoms with E-state index >= 15 is 0 Å². The van der Waals surface area contributed by atoms with Gasteiger partial charge in [0.25, 0.3) is 0 Å². The minimum Gasteiger partial charge on any atom is -0.385 e. The minimum absolute atomic E-state index is 0.183. The van der Waals surface area contributed by atoms with Crippen LogP contribution in [0, 0.1) is 0 Å². The van der Waals surface area contributed by atoms with Crippen molar-refractivity contribution >= 4 is 11.6 Å². The summed E-state index contributed by atoms with van der Waals surface area (Å²) >= 11 is 0. The van der Waals surface area contributed by atoms with Gasteiger partial charge >= 0.3 is 0 Å². The van der Waals surface area contributed by atoms with Crippen molar-refractivity contribution in [1.82, 2.24) is 9.97 Å². The van der Waals surface area contributed by atoms with Gasteiger partial charge in [-0.15, -0.1) is 0 Å². The van der Waals surface area contributed by atoms with E-state index in [1.54, 1.807) is 6.20 Å². The fourth-order valence-electron chi connectivity index (χ4n) is 1.72. The monoisotopic (exact) mass is 224 g/mol. The molecule has 0 amide bonds. The molecule has 0 saturated carbocycles. The third-order valence-corrected chi connectivity index (χ3v) is 2.95. The van der Waals surface area contributed by atoms with Crippen molar-refractivity contribution in [2.45, 2.75) is 25.0 Å². The molecular weight excluding hydrogens is 208 g/mol. The number of nitrogens with one attached hydrogen (secondary N) is 1. The molecule has 16 heavy (non-hydrogen) atoms. The van der Waals surface area contributed by atoms with E-state index in [-0.39, 0.29) is 6.10 Å². The summed E-state index contributed by atoms with van der Waals surface area (Å²) in [6.07, 6.45) is 3.51. The maximum atomic E-state index is 10.2. The molecule has 0 bridgehead atoms. The first-order valence-electron chi connectivity index (χ1n) is 5.26. The number of hydrogen-bond donors (Lipinski definition) is 3. The van der Waals surface area contributed by atoms with Crippen LogP contribution >= 0.6 is 0 Å². The fourth-order valence-corrected chi connectivity index (χ4v) is 1.72. The van der Waals surface area contributed by atoms with Gasteiger partial charge in [-0.05, 0) is 6.92 Å². The molecule has 2 rings (SSSR count). The van der Waals surface area contributed by atoms with Crippen LogP contribution in [0.4, 0.5) is 11.6 Å². The number of hydrogen-bond acceptors (Lipinski definition) is 6. The van der Waals surface area contributed by atoms with Gasteiger partial charge in [0.1, 0.15) is 5.60 Å². The van der Waals surface area contributed by atoms with Crippen LogP contribution in [0.5, 0.6) is 0 Å². The number of nitrogen functional groups attached to an aromatic ring is 1. The largest absolute Gasteiger partial charge is 0.385 e. The van der Waals surface area contributed by atoms with Gasteiger partial charge in [0.15, 0.2) is 11.6 Å². The van der Waals surface area contributed by atoms with Crippen LogP contribution in [-0.2, 0) is 4.74 Å². The Morgan fingerprint density at radius 3 is 3.00 bits per heavy atom. The van der Waals surface area contributed by atoms with E-state index in [0.29, 0.717) is 31.2 Å². The highest BCUT2D eigenvalue weighted by atomic mass is 16.5. The van der Waals surface area contributed by atoms with Crippen LogP contribution in [0.2, 0.25) is 0 Å². The molecule has 1 saturated heterocycles. The molecule has 1 aliphatic rings. The highest BCUT2D eigenvalue weighted by molar-refractivity contribution is 5.55. The molecule has 2 heterocycles. The number of ether oxygens (including phenoxy) is 1. The molecule has 0 aliphatic carbocycles. The standard InChI is InChI=1S/C10H16N4O2/c1-7-10(15,2-5-16-7)6-14-9-8(11)12-3-4-13-9/h3-4,7,15H,2,5-6H2,1H3,(H2,11,12)(H,13,14). The lowest BCUT2D eigenvalue weighted by molar-refractivity contribution is -0.0176. The molecule has 0 radical (unpaired) electrons. The predicted octanol–water partition coefficient (Wildman–Crippen LogP) is 0.0106. The Hall–Kier alpha value is -1.40. The molecule has 6 nitrogen and oxygen atoms in total. The summed E-state index contributed by atoms with van der Waals surface area (Å²) in [4.78, 5) is 7.95. The third kappa shape index (κ3) is 2.07. The van der Waals surface area contributed by atoms with Crippen molar-refractivity contribution in [2.24, 2.45) is 0 Å². The molecule has 1 aliphatic heterocycles. The number of aromatic nitrogens is 2. The van der Waals surface area contributed by atoms with Crippen molar-refractivity contribution < 1.29 is 9.84 Å². The summed E-state index contributed by atoms with van der Waals surface area (Å²) in [6, 6.07) is 0. The molecule has 1 aromatic heterocycles. The van der Waals surface area contributed by atoms with E-state index < -0.39 is 5.60 Å². The Kier molecular flexibility index (Phi) is 2.93. The highest BCUT2D eigenvalue weighted by Crippen LogP contribution is 2.26. The molecule has 2 atom stereocenters. The summed E-state index contributed by atoms with van der Waals surface area (Å²) < 4.78 is 5.33. The zero-order valence-electron chi connectivity index (χ0n) is 9.18. The van der Waals surface area contributed by atoms with Gasteiger partial charge in [-0.1, -0.05) is 0 Å². The Balaban J connectivity index is 2.00. The van der Waals surface area contributed by atoms with Crippen molar-refractivity contribution in [3.8, 4) is 0 Å². The van der Waals surface area contributed by atoms with Gasteiger partial charge in [-0.3, -0.25) is 0 Å². The number of aliphatic hydroxyl groups is 1. The first-order chi connectivity index (χ1) is 7.62. The fraction of sp³-hybridized carbons (Fsp3) is 0.600.